The van der Waals surface area contributed by atoms with E-state index in [9.17, 15) is 9.59 Å². The molecule has 2 aliphatic carbocycles. The first kappa shape index (κ1) is 11.6. The summed E-state index contributed by atoms with van der Waals surface area (Å²) in [5.41, 5.74) is 5.03. The maximum absolute atomic E-state index is 11.9. The standard InChI is InChI=1S/C13H19N3O2/c1-7(10-5-8-2-3-9(10)4-8)16-11(14)6-12(17)15-13(16)18/h6-10H,2-5,14H2,1H3,(H,15,17,18)/t7-,8+,9+,10-/m0/s1. The van der Waals surface area contributed by atoms with E-state index in [4.69, 9.17) is 5.73 Å². The van der Waals surface area contributed by atoms with Crippen molar-refractivity contribution >= 4 is 5.82 Å². The van der Waals surface area contributed by atoms with E-state index in [-0.39, 0.29) is 17.5 Å². The van der Waals surface area contributed by atoms with Gasteiger partial charge >= 0.3 is 5.69 Å². The summed E-state index contributed by atoms with van der Waals surface area (Å²) >= 11 is 0. The molecule has 3 rings (SSSR count). The Morgan fingerprint density at radius 1 is 1.39 bits per heavy atom. The number of nitrogens with two attached hydrogens (primary N) is 1. The second-order valence-corrected chi connectivity index (χ2v) is 5.81. The monoisotopic (exact) mass is 249 g/mol. The van der Waals surface area contributed by atoms with E-state index in [1.165, 1.54) is 31.7 Å². The fourth-order valence-corrected chi connectivity index (χ4v) is 4.02. The lowest BCUT2D eigenvalue weighted by Gasteiger charge is -2.29. The average molecular weight is 249 g/mol. The molecule has 0 saturated heterocycles. The number of fused-ring (bicyclic) bond motifs is 2. The summed E-state index contributed by atoms with van der Waals surface area (Å²) < 4.78 is 1.55. The maximum Gasteiger partial charge on any atom is 0.330 e. The molecule has 1 heterocycles. The van der Waals surface area contributed by atoms with Crippen LogP contribution in [-0.2, 0) is 0 Å². The summed E-state index contributed by atoms with van der Waals surface area (Å²) in [6, 6.07) is 1.37. The molecule has 2 fully saturated rings. The van der Waals surface area contributed by atoms with Gasteiger partial charge in [-0.15, -0.1) is 0 Å². The van der Waals surface area contributed by atoms with Gasteiger partial charge in [0.2, 0.25) is 0 Å². The first-order chi connectivity index (χ1) is 8.56. The van der Waals surface area contributed by atoms with Gasteiger partial charge in [-0.2, -0.15) is 0 Å². The Morgan fingerprint density at radius 3 is 2.72 bits per heavy atom. The zero-order valence-electron chi connectivity index (χ0n) is 10.6. The van der Waals surface area contributed by atoms with E-state index >= 15 is 0 Å². The number of H-pyrrole nitrogens is 1. The lowest BCUT2D eigenvalue weighted by atomic mass is 9.84. The summed E-state index contributed by atoms with van der Waals surface area (Å²) in [6.45, 7) is 2.04. The zero-order valence-corrected chi connectivity index (χ0v) is 10.6. The Labute approximate surface area is 105 Å². The van der Waals surface area contributed by atoms with E-state index in [0.717, 1.165) is 11.8 Å². The largest absolute Gasteiger partial charge is 0.385 e. The van der Waals surface area contributed by atoms with Crippen LogP contribution in [0.4, 0.5) is 5.82 Å². The Balaban J connectivity index is 1.96. The average Bonchev–Trinajstić information content (AvgIpc) is 2.88. The highest BCUT2D eigenvalue weighted by Gasteiger charge is 2.42. The molecule has 2 aliphatic rings. The van der Waals surface area contributed by atoms with Gasteiger partial charge in [0.1, 0.15) is 5.82 Å². The summed E-state index contributed by atoms with van der Waals surface area (Å²) in [5.74, 6) is 2.36. The van der Waals surface area contributed by atoms with Crippen molar-refractivity contribution in [2.45, 2.75) is 38.6 Å². The summed E-state index contributed by atoms with van der Waals surface area (Å²) in [4.78, 5) is 25.4. The Hall–Kier alpha value is -1.52. The van der Waals surface area contributed by atoms with Crippen LogP contribution >= 0.6 is 0 Å². The van der Waals surface area contributed by atoms with Crippen molar-refractivity contribution in [1.82, 2.24) is 9.55 Å². The van der Waals surface area contributed by atoms with Gasteiger partial charge < -0.3 is 5.73 Å². The van der Waals surface area contributed by atoms with Crippen LogP contribution in [-0.4, -0.2) is 9.55 Å². The SMILES string of the molecule is C[C@@H]([C@@H]1C[C@@H]2CC[C@@H]1C2)n1c(N)cc(=O)[nH]c1=O. The molecule has 0 spiro atoms. The molecule has 2 bridgehead atoms. The molecule has 1 aromatic rings. The lowest BCUT2D eigenvalue weighted by Crippen LogP contribution is -2.36. The third-order valence-electron chi connectivity index (χ3n) is 4.83. The Morgan fingerprint density at radius 2 is 2.17 bits per heavy atom. The second kappa shape index (κ2) is 4.00. The number of nitrogens with zero attached hydrogens (tertiary/aromatic N) is 1. The molecule has 0 aromatic carbocycles. The number of rotatable bonds is 2. The van der Waals surface area contributed by atoms with Crippen molar-refractivity contribution in [3.8, 4) is 0 Å². The Kier molecular flexibility index (Phi) is 2.57. The van der Waals surface area contributed by atoms with Crippen molar-refractivity contribution < 1.29 is 0 Å². The number of anilines is 1. The van der Waals surface area contributed by atoms with Gasteiger partial charge in [-0.25, -0.2) is 4.79 Å². The zero-order chi connectivity index (χ0) is 12.9. The van der Waals surface area contributed by atoms with Crippen LogP contribution in [0, 0.1) is 17.8 Å². The van der Waals surface area contributed by atoms with Crippen LogP contribution in [0.3, 0.4) is 0 Å². The van der Waals surface area contributed by atoms with Gasteiger partial charge in [0.25, 0.3) is 5.56 Å². The minimum absolute atomic E-state index is 0.0737. The molecule has 5 heteroatoms. The quantitative estimate of drug-likeness (QED) is 0.824. The van der Waals surface area contributed by atoms with Crippen molar-refractivity contribution in [2.24, 2.45) is 17.8 Å². The highest BCUT2D eigenvalue weighted by molar-refractivity contribution is 5.27. The molecule has 0 unspecified atom stereocenters. The van der Waals surface area contributed by atoms with Crippen LogP contribution in [0.2, 0.25) is 0 Å². The molecule has 0 radical (unpaired) electrons. The van der Waals surface area contributed by atoms with Crippen LogP contribution in [0.5, 0.6) is 0 Å². The minimum Gasteiger partial charge on any atom is -0.385 e. The number of hydrogen-bond donors (Lipinski definition) is 2. The fourth-order valence-electron chi connectivity index (χ4n) is 4.02. The summed E-state index contributed by atoms with van der Waals surface area (Å²) in [7, 11) is 0. The number of aromatic nitrogens is 2. The van der Waals surface area contributed by atoms with Gasteiger partial charge in [0, 0.05) is 12.1 Å². The molecule has 18 heavy (non-hydrogen) atoms. The van der Waals surface area contributed by atoms with Crippen LogP contribution in [0.1, 0.15) is 38.6 Å². The number of aromatic amines is 1. The van der Waals surface area contributed by atoms with Crippen molar-refractivity contribution in [3.63, 3.8) is 0 Å². The van der Waals surface area contributed by atoms with E-state index in [0.29, 0.717) is 5.92 Å². The third kappa shape index (κ3) is 1.69. The molecule has 0 aliphatic heterocycles. The first-order valence-electron chi connectivity index (χ1n) is 6.67. The topological polar surface area (TPSA) is 80.9 Å². The van der Waals surface area contributed by atoms with Gasteiger partial charge in [0.05, 0.1) is 0 Å². The molecule has 0 amide bonds. The summed E-state index contributed by atoms with van der Waals surface area (Å²) in [6.07, 6.45) is 5.10. The lowest BCUT2D eigenvalue weighted by molar-refractivity contribution is 0.239. The third-order valence-corrected chi connectivity index (χ3v) is 4.83. The predicted molar refractivity (Wildman–Crippen MR) is 69.4 cm³/mol. The first-order valence-corrected chi connectivity index (χ1v) is 6.67. The predicted octanol–water partition coefficient (Wildman–Crippen LogP) is 1.12. The molecular formula is C13H19N3O2. The smallest absolute Gasteiger partial charge is 0.330 e. The molecular weight excluding hydrogens is 230 g/mol. The number of nitrogens with one attached hydrogen (secondary N) is 1. The van der Waals surface area contributed by atoms with Gasteiger partial charge in [-0.05, 0) is 43.9 Å². The van der Waals surface area contributed by atoms with Gasteiger partial charge in [-0.3, -0.25) is 14.3 Å². The van der Waals surface area contributed by atoms with E-state index < -0.39 is 5.56 Å². The molecule has 98 valence electrons. The van der Waals surface area contributed by atoms with Crippen LogP contribution in [0.15, 0.2) is 15.7 Å². The fraction of sp³-hybridized carbons (Fsp3) is 0.692. The second-order valence-electron chi connectivity index (χ2n) is 5.81. The summed E-state index contributed by atoms with van der Waals surface area (Å²) in [5, 5.41) is 0. The van der Waals surface area contributed by atoms with Crippen LogP contribution < -0.4 is 17.0 Å². The molecule has 1 aromatic heterocycles. The van der Waals surface area contributed by atoms with E-state index in [2.05, 4.69) is 4.98 Å². The minimum atomic E-state index is -0.422. The van der Waals surface area contributed by atoms with Gasteiger partial charge in [0.15, 0.2) is 0 Å². The van der Waals surface area contributed by atoms with Crippen molar-refractivity contribution in [1.29, 1.82) is 0 Å². The van der Waals surface area contributed by atoms with Crippen LogP contribution in [0.25, 0.3) is 0 Å². The normalized spacial score (nSPS) is 31.7. The highest BCUT2D eigenvalue weighted by Crippen LogP contribution is 2.52. The van der Waals surface area contributed by atoms with Crippen molar-refractivity contribution in [3.05, 3.63) is 26.9 Å². The number of nitrogen functional groups attached to an aromatic ring is 1. The van der Waals surface area contributed by atoms with E-state index in [1.807, 2.05) is 6.92 Å². The van der Waals surface area contributed by atoms with E-state index in [1.54, 1.807) is 4.57 Å². The maximum atomic E-state index is 11.9. The Bertz CT molecular complexity index is 574. The molecule has 5 nitrogen and oxygen atoms in total. The molecule has 2 saturated carbocycles. The molecule has 3 N–H and O–H groups in total. The highest BCUT2D eigenvalue weighted by atomic mass is 16.2. The number of hydrogen-bond acceptors (Lipinski definition) is 3. The van der Waals surface area contributed by atoms with Crippen molar-refractivity contribution in [2.75, 3.05) is 5.73 Å². The molecule has 4 atom stereocenters. The van der Waals surface area contributed by atoms with Gasteiger partial charge in [-0.1, -0.05) is 6.42 Å².